The van der Waals surface area contributed by atoms with E-state index in [9.17, 15) is 0 Å². The number of benzene rings is 1. The largest absolute Gasteiger partial charge is 0.497 e. The predicted octanol–water partition coefficient (Wildman–Crippen LogP) is 2.06. The molecule has 3 heterocycles. The lowest BCUT2D eigenvalue weighted by Crippen LogP contribution is -2.00. The summed E-state index contributed by atoms with van der Waals surface area (Å²) in [4.78, 5) is 16.5. The van der Waals surface area contributed by atoms with E-state index in [4.69, 9.17) is 4.74 Å². The Morgan fingerprint density at radius 3 is 2.96 bits per heavy atom. The first-order valence-corrected chi connectivity index (χ1v) is 7.73. The van der Waals surface area contributed by atoms with E-state index < -0.39 is 0 Å². The van der Waals surface area contributed by atoms with Crippen LogP contribution < -0.4 is 10.2 Å². The number of hydrogen-bond donors (Lipinski definition) is 1. The smallest absolute Gasteiger partial charge is 0.168 e. The molecule has 0 bridgehead atoms. The van der Waals surface area contributed by atoms with Crippen molar-refractivity contribution in [1.29, 1.82) is 0 Å². The number of methoxy groups -OCH3 is 1. The number of anilines is 1. The van der Waals surface area contributed by atoms with Crippen LogP contribution in [0.25, 0.3) is 16.7 Å². The lowest BCUT2D eigenvalue weighted by atomic mass is 10.3. The van der Waals surface area contributed by atoms with Gasteiger partial charge in [-0.2, -0.15) is 10.2 Å². The molecule has 0 unspecified atom stereocenters. The van der Waals surface area contributed by atoms with Crippen LogP contribution in [-0.2, 0) is 0 Å². The Hall–Kier alpha value is -3.88. The molecular formula is C17H14N8O. The first-order chi connectivity index (χ1) is 12.8. The highest BCUT2D eigenvalue weighted by molar-refractivity contribution is 5.87. The van der Waals surface area contributed by atoms with Gasteiger partial charge in [-0.3, -0.25) is 5.43 Å². The fourth-order valence-electron chi connectivity index (χ4n) is 2.40. The summed E-state index contributed by atoms with van der Waals surface area (Å²) in [6.07, 6.45) is 7.85. The zero-order valence-corrected chi connectivity index (χ0v) is 13.8. The minimum absolute atomic E-state index is 0.550. The van der Waals surface area contributed by atoms with Crippen molar-refractivity contribution in [2.45, 2.75) is 0 Å². The Morgan fingerprint density at radius 1 is 1.15 bits per heavy atom. The molecule has 26 heavy (non-hydrogen) atoms. The minimum atomic E-state index is 0.550. The molecule has 0 atom stereocenters. The van der Waals surface area contributed by atoms with E-state index in [1.807, 2.05) is 24.3 Å². The van der Waals surface area contributed by atoms with Gasteiger partial charge in [0.1, 0.15) is 18.4 Å². The molecule has 4 aromatic rings. The molecular weight excluding hydrogens is 332 g/mol. The van der Waals surface area contributed by atoms with Gasteiger partial charge in [-0.05, 0) is 18.2 Å². The summed E-state index contributed by atoms with van der Waals surface area (Å²) >= 11 is 0. The maximum Gasteiger partial charge on any atom is 0.168 e. The van der Waals surface area contributed by atoms with Gasteiger partial charge >= 0.3 is 0 Å². The molecule has 0 amide bonds. The van der Waals surface area contributed by atoms with E-state index in [-0.39, 0.29) is 0 Å². The third-order valence-corrected chi connectivity index (χ3v) is 3.64. The Morgan fingerprint density at radius 2 is 2.12 bits per heavy atom. The monoisotopic (exact) mass is 346 g/mol. The molecule has 128 valence electrons. The van der Waals surface area contributed by atoms with Crippen molar-refractivity contribution in [3.05, 3.63) is 61.1 Å². The molecule has 0 saturated carbocycles. The van der Waals surface area contributed by atoms with Gasteiger partial charge in [0.15, 0.2) is 11.5 Å². The third-order valence-electron chi connectivity index (χ3n) is 3.64. The number of rotatable bonds is 5. The van der Waals surface area contributed by atoms with Crippen LogP contribution in [-0.4, -0.2) is 43.0 Å². The van der Waals surface area contributed by atoms with E-state index >= 15 is 0 Å². The summed E-state index contributed by atoms with van der Waals surface area (Å²) in [5, 5.41) is 9.32. The van der Waals surface area contributed by atoms with Gasteiger partial charge in [0.25, 0.3) is 0 Å². The molecule has 0 fully saturated rings. The highest BCUT2D eigenvalue weighted by Gasteiger charge is 2.11. The number of hydrogen-bond acceptors (Lipinski definition) is 8. The summed E-state index contributed by atoms with van der Waals surface area (Å²) in [7, 11) is 1.63. The van der Waals surface area contributed by atoms with E-state index in [1.165, 1.54) is 12.7 Å². The molecule has 9 heteroatoms. The number of fused-ring (bicyclic) bond motifs is 1. The number of hydrazone groups is 1. The van der Waals surface area contributed by atoms with Crippen molar-refractivity contribution < 1.29 is 4.74 Å². The van der Waals surface area contributed by atoms with Gasteiger partial charge in [-0.1, -0.05) is 6.07 Å². The normalized spacial score (nSPS) is 11.1. The third kappa shape index (κ3) is 3.05. The van der Waals surface area contributed by atoms with Crippen molar-refractivity contribution in [2.24, 2.45) is 5.10 Å². The lowest BCUT2D eigenvalue weighted by Gasteiger charge is -2.06. The first kappa shape index (κ1) is 15.6. The molecule has 0 aliphatic rings. The summed E-state index contributed by atoms with van der Waals surface area (Å²) < 4.78 is 6.99. The van der Waals surface area contributed by atoms with E-state index in [0.29, 0.717) is 17.2 Å². The molecule has 0 aliphatic carbocycles. The van der Waals surface area contributed by atoms with E-state index in [2.05, 4.69) is 35.6 Å². The SMILES string of the molecule is COc1cccc(-n2ncc3c(NN=Cc4ccncn4)ncnc32)c1. The van der Waals surface area contributed by atoms with Crippen molar-refractivity contribution in [1.82, 2.24) is 29.7 Å². The van der Waals surface area contributed by atoms with Crippen LogP contribution in [0.1, 0.15) is 5.69 Å². The summed E-state index contributed by atoms with van der Waals surface area (Å²) in [6.45, 7) is 0. The van der Waals surface area contributed by atoms with Gasteiger partial charge < -0.3 is 4.74 Å². The summed E-state index contributed by atoms with van der Waals surface area (Å²) in [5.74, 6) is 1.29. The van der Waals surface area contributed by atoms with Crippen LogP contribution in [0.2, 0.25) is 0 Å². The second-order valence-electron chi connectivity index (χ2n) is 5.22. The highest BCUT2D eigenvalue weighted by atomic mass is 16.5. The van der Waals surface area contributed by atoms with Gasteiger partial charge in [-0.15, -0.1) is 0 Å². The van der Waals surface area contributed by atoms with Crippen molar-refractivity contribution in [3.63, 3.8) is 0 Å². The Bertz CT molecular complexity index is 1060. The molecule has 0 radical (unpaired) electrons. The molecule has 4 rings (SSSR count). The van der Waals surface area contributed by atoms with E-state index in [1.54, 1.807) is 36.5 Å². The fraction of sp³-hybridized carbons (Fsp3) is 0.0588. The van der Waals surface area contributed by atoms with Gasteiger partial charge in [0, 0.05) is 12.3 Å². The van der Waals surface area contributed by atoms with Crippen LogP contribution in [0.5, 0.6) is 5.75 Å². The number of nitrogens with one attached hydrogen (secondary N) is 1. The lowest BCUT2D eigenvalue weighted by molar-refractivity contribution is 0.414. The van der Waals surface area contributed by atoms with Crippen LogP contribution in [0.15, 0.2) is 60.5 Å². The van der Waals surface area contributed by atoms with Crippen molar-refractivity contribution >= 4 is 23.1 Å². The predicted molar refractivity (Wildman–Crippen MR) is 96.5 cm³/mol. The maximum atomic E-state index is 5.27. The van der Waals surface area contributed by atoms with Crippen LogP contribution >= 0.6 is 0 Å². The summed E-state index contributed by atoms with van der Waals surface area (Å²) in [6, 6.07) is 9.33. The minimum Gasteiger partial charge on any atom is -0.497 e. The zero-order chi connectivity index (χ0) is 17.8. The van der Waals surface area contributed by atoms with Crippen LogP contribution in [0, 0.1) is 0 Å². The van der Waals surface area contributed by atoms with Gasteiger partial charge in [0.2, 0.25) is 0 Å². The van der Waals surface area contributed by atoms with Gasteiger partial charge in [-0.25, -0.2) is 24.6 Å². The number of nitrogens with zero attached hydrogens (tertiary/aromatic N) is 7. The van der Waals surface area contributed by atoms with Crippen LogP contribution in [0.4, 0.5) is 5.82 Å². The van der Waals surface area contributed by atoms with E-state index in [0.717, 1.165) is 16.8 Å². The maximum absolute atomic E-state index is 5.27. The number of aromatic nitrogens is 6. The fourth-order valence-corrected chi connectivity index (χ4v) is 2.40. The Balaban J connectivity index is 1.66. The van der Waals surface area contributed by atoms with Crippen molar-refractivity contribution in [3.8, 4) is 11.4 Å². The summed E-state index contributed by atoms with van der Waals surface area (Å²) in [5.41, 5.74) is 5.09. The quantitative estimate of drug-likeness (QED) is 0.436. The van der Waals surface area contributed by atoms with Crippen LogP contribution in [0.3, 0.4) is 0 Å². The average molecular weight is 346 g/mol. The first-order valence-electron chi connectivity index (χ1n) is 7.73. The Kier molecular flexibility index (Phi) is 4.17. The molecule has 3 aromatic heterocycles. The molecule has 1 N–H and O–H groups in total. The standard InChI is InChI=1S/C17H14N8O/c1-26-14-4-2-3-13(7-14)25-17-15(9-23-25)16(20-11-21-17)24-22-8-12-5-6-18-10-19-12/h2-11H,1H3,(H,20,21,24). The molecule has 0 spiro atoms. The molecule has 1 aromatic carbocycles. The zero-order valence-electron chi connectivity index (χ0n) is 13.8. The second kappa shape index (κ2) is 6.93. The highest BCUT2D eigenvalue weighted by Crippen LogP contribution is 2.23. The molecule has 0 aliphatic heterocycles. The molecule has 0 saturated heterocycles. The Labute approximate surface area is 148 Å². The molecule has 9 nitrogen and oxygen atoms in total. The van der Waals surface area contributed by atoms with Crippen molar-refractivity contribution in [2.75, 3.05) is 12.5 Å². The second-order valence-corrected chi connectivity index (χ2v) is 5.22. The average Bonchev–Trinajstić information content (AvgIpc) is 3.14. The number of ether oxygens (including phenoxy) is 1. The van der Waals surface area contributed by atoms with Gasteiger partial charge in [0.05, 0.1) is 36.3 Å². The topological polar surface area (TPSA) is 103 Å².